The molecule has 0 saturated heterocycles. The van der Waals surface area contributed by atoms with Crippen LogP contribution in [0.25, 0.3) is 0 Å². The summed E-state index contributed by atoms with van der Waals surface area (Å²) in [5.74, 6) is -0.944. The van der Waals surface area contributed by atoms with E-state index in [4.69, 9.17) is 0 Å². The number of nitrogens with one attached hydrogen (secondary N) is 1. The largest absolute Gasteiger partial charge is 0.321 e. The number of amides is 1. The molecule has 104 valence electrons. The van der Waals surface area contributed by atoms with Crippen LogP contribution in [0.1, 0.15) is 27.0 Å². The number of carbonyl (C=O) groups excluding carboxylic acids is 1. The Morgan fingerprint density at radius 3 is 2.30 bits per heavy atom. The van der Waals surface area contributed by atoms with Crippen LogP contribution in [0.15, 0.2) is 34.8 Å². The summed E-state index contributed by atoms with van der Waals surface area (Å²) < 4.78 is 14.7. The van der Waals surface area contributed by atoms with Gasteiger partial charge in [-0.2, -0.15) is 0 Å². The van der Waals surface area contributed by atoms with E-state index in [1.54, 1.807) is 12.1 Å². The highest BCUT2D eigenvalue weighted by molar-refractivity contribution is 9.10. The number of hydrogen-bond donors (Lipinski definition) is 1. The van der Waals surface area contributed by atoms with E-state index < -0.39 is 11.7 Å². The highest BCUT2D eigenvalue weighted by Crippen LogP contribution is 2.26. The van der Waals surface area contributed by atoms with Gasteiger partial charge in [-0.05, 0) is 56.2 Å². The molecule has 0 aliphatic heterocycles. The van der Waals surface area contributed by atoms with Crippen molar-refractivity contribution in [3.05, 3.63) is 62.9 Å². The number of rotatable bonds is 2. The molecule has 1 amide bonds. The maximum absolute atomic E-state index is 13.7. The van der Waals surface area contributed by atoms with Crippen LogP contribution in [0, 0.1) is 26.6 Å². The lowest BCUT2D eigenvalue weighted by Crippen LogP contribution is -2.15. The van der Waals surface area contributed by atoms with Gasteiger partial charge in [0.15, 0.2) is 0 Å². The van der Waals surface area contributed by atoms with Gasteiger partial charge in [0.25, 0.3) is 5.91 Å². The second-order valence-corrected chi connectivity index (χ2v) is 5.77. The topological polar surface area (TPSA) is 29.1 Å². The molecule has 0 saturated carbocycles. The molecule has 4 heteroatoms. The average molecular weight is 336 g/mol. The molecule has 1 N–H and O–H groups in total. The summed E-state index contributed by atoms with van der Waals surface area (Å²) in [4.78, 5) is 12.2. The summed E-state index contributed by atoms with van der Waals surface area (Å²) in [5.41, 5.74) is 3.49. The van der Waals surface area contributed by atoms with Crippen molar-refractivity contribution < 1.29 is 9.18 Å². The highest BCUT2D eigenvalue weighted by atomic mass is 79.9. The Morgan fingerprint density at radius 1 is 1.10 bits per heavy atom. The maximum Gasteiger partial charge on any atom is 0.258 e. The average Bonchev–Trinajstić information content (AvgIpc) is 2.36. The van der Waals surface area contributed by atoms with Crippen molar-refractivity contribution in [1.29, 1.82) is 0 Å². The smallest absolute Gasteiger partial charge is 0.258 e. The van der Waals surface area contributed by atoms with Crippen molar-refractivity contribution >= 4 is 27.5 Å². The number of aryl methyl sites for hydroxylation is 3. The van der Waals surface area contributed by atoms with Crippen LogP contribution in [0.4, 0.5) is 10.1 Å². The first-order valence-corrected chi connectivity index (χ1v) is 7.02. The van der Waals surface area contributed by atoms with Crippen LogP contribution in [-0.2, 0) is 0 Å². The number of benzene rings is 2. The van der Waals surface area contributed by atoms with Gasteiger partial charge in [0.05, 0.1) is 5.56 Å². The van der Waals surface area contributed by atoms with Gasteiger partial charge in [-0.25, -0.2) is 4.39 Å². The Bertz CT molecular complexity index is 659. The molecule has 0 radical (unpaired) electrons. The fraction of sp³-hybridized carbons (Fsp3) is 0.188. The van der Waals surface area contributed by atoms with E-state index in [1.807, 2.05) is 32.9 Å². The van der Waals surface area contributed by atoms with E-state index in [0.29, 0.717) is 0 Å². The van der Waals surface area contributed by atoms with Crippen molar-refractivity contribution in [2.24, 2.45) is 0 Å². The zero-order valence-electron chi connectivity index (χ0n) is 11.6. The third-order valence-electron chi connectivity index (χ3n) is 3.10. The molecular weight excluding hydrogens is 321 g/mol. The molecule has 2 aromatic rings. The predicted molar refractivity (Wildman–Crippen MR) is 82.7 cm³/mol. The minimum absolute atomic E-state index is 0.0618. The standard InChI is InChI=1S/C16H15BrFNO/c1-9-4-5-14(18)13(6-9)16(20)19-15-10(2)7-12(17)8-11(15)3/h4-8H,1-3H3,(H,19,20). The second kappa shape index (κ2) is 5.75. The molecule has 0 spiro atoms. The van der Waals surface area contributed by atoms with E-state index in [-0.39, 0.29) is 5.56 Å². The summed E-state index contributed by atoms with van der Waals surface area (Å²) >= 11 is 3.41. The van der Waals surface area contributed by atoms with Gasteiger partial charge in [0.2, 0.25) is 0 Å². The van der Waals surface area contributed by atoms with Gasteiger partial charge in [-0.3, -0.25) is 4.79 Å². The molecule has 20 heavy (non-hydrogen) atoms. The molecule has 2 rings (SSSR count). The number of carbonyl (C=O) groups is 1. The predicted octanol–water partition coefficient (Wildman–Crippen LogP) is 4.77. The third kappa shape index (κ3) is 3.07. The van der Waals surface area contributed by atoms with Crippen LogP contribution in [-0.4, -0.2) is 5.91 Å². The third-order valence-corrected chi connectivity index (χ3v) is 3.56. The molecular formula is C16H15BrFNO. The Morgan fingerprint density at radius 2 is 1.70 bits per heavy atom. The highest BCUT2D eigenvalue weighted by Gasteiger charge is 2.14. The van der Waals surface area contributed by atoms with Crippen molar-refractivity contribution in [2.45, 2.75) is 20.8 Å². The molecule has 0 bridgehead atoms. The van der Waals surface area contributed by atoms with E-state index in [9.17, 15) is 9.18 Å². The summed E-state index contributed by atoms with van der Waals surface area (Å²) in [5, 5.41) is 2.79. The van der Waals surface area contributed by atoms with Crippen molar-refractivity contribution in [3.8, 4) is 0 Å². The molecule has 0 aromatic heterocycles. The normalized spacial score (nSPS) is 10.4. The van der Waals surface area contributed by atoms with Gasteiger partial charge >= 0.3 is 0 Å². The van der Waals surface area contributed by atoms with Crippen molar-refractivity contribution in [3.63, 3.8) is 0 Å². The Balaban J connectivity index is 2.35. The number of halogens is 2. The summed E-state index contributed by atoms with van der Waals surface area (Å²) in [6.45, 7) is 5.63. The lowest BCUT2D eigenvalue weighted by atomic mass is 10.1. The Kier molecular flexibility index (Phi) is 4.23. The fourth-order valence-corrected chi connectivity index (χ4v) is 2.79. The summed E-state index contributed by atoms with van der Waals surface area (Å²) in [7, 11) is 0. The number of anilines is 1. The molecule has 0 aliphatic carbocycles. The number of hydrogen-bond acceptors (Lipinski definition) is 1. The monoisotopic (exact) mass is 335 g/mol. The first kappa shape index (κ1) is 14.7. The molecule has 0 unspecified atom stereocenters. The Hall–Kier alpha value is -1.68. The van der Waals surface area contributed by atoms with E-state index in [1.165, 1.54) is 6.07 Å². The quantitative estimate of drug-likeness (QED) is 0.841. The van der Waals surface area contributed by atoms with Gasteiger partial charge < -0.3 is 5.32 Å². The molecule has 0 aliphatic rings. The SMILES string of the molecule is Cc1ccc(F)c(C(=O)Nc2c(C)cc(Br)cc2C)c1. The second-order valence-electron chi connectivity index (χ2n) is 4.85. The van der Waals surface area contributed by atoms with Crippen LogP contribution >= 0.6 is 15.9 Å². The van der Waals surface area contributed by atoms with Gasteiger partial charge in [0.1, 0.15) is 5.82 Å². The zero-order chi connectivity index (χ0) is 14.9. The lowest BCUT2D eigenvalue weighted by molar-refractivity contribution is 0.102. The van der Waals surface area contributed by atoms with Crippen molar-refractivity contribution in [1.82, 2.24) is 0 Å². The van der Waals surface area contributed by atoms with Gasteiger partial charge in [-0.1, -0.05) is 27.6 Å². The first-order valence-electron chi connectivity index (χ1n) is 6.22. The Labute approximate surface area is 126 Å². The first-order chi connectivity index (χ1) is 9.38. The summed E-state index contributed by atoms with van der Waals surface area (Å²) in [6.07, 6.45) is 0. The van der Waals surface area contributed by atoms with E-state index in [0.717, 1.165) is 26.9 Å². The van der Waals surface area contributed by atoms with Gasteiger partial charge in [0, 0.05) is 10.2 Å². The molecule has 0 atom stereocenters. The fourth-order valence-electron chi connectivity index (χ4n) is 2.10. The van der Waals surface area contributed by atoms with Crippen LogP contribution < -0.4 is 5.32 Å². The van der Waals surface area contributed by atoms with Crippen LogP contribution in [0.5, 0.6) is 0 Å². The van der Waals surface area contributed by atoms with E-state index in [2.05, 4.69) is 21.2 Å². The molecule has 2 nitrogen and oxygen atoms in total. The van der Waals surface area contributed by atoms with Crippen LogP contribution in [0.3, 0.4) is 0 Å². The van der Waals surface area contributed by atoms with Crippen LogP contribution in [0.2, 0.25) is 0 Å². The minimum Gasteiger partial charge on any atom is -0.321 e. The zero-order valence-corrected chi connectivity index (χ0v) is 13.1. The molecule has 0 heterocycles. The maximum atomic E-state index is 13.7. The molecule has 2 aromatic carbocycles. The summed E-state index contributed by atoms with van der Waals surface area (Å²) in [6, 6.07) is 8.33. The van der Waals surface area contributed by atoms with Gasteiger partial charge in [-0.15, -0.1) is 0 Å². The lowest BCUT2D eigenvalue weighted by Gasteiger charge is -2.13. The molecule has 0 fully saturated rings. The van der Waals surface area contributed by atoms with Crippen molar-refractivity contribution in [2.75, 3.05) is 5.32 Å². The van der Waals surface area contributed by atoms with E-state index >= 15 is 0 Å². The minimum atomic E-state index is -0.513.